The SMILES string of the molecule is c1cc2ccc3[nH]ncc3c2o1. The predicted molar refractivity (Wildman–Crippen MR) is 45.9 cm³/mol. The van der Waals surface area contributed by atoms with Crippen molar-refractivity contribution in [3.8, 4) is 0 Å². The Morgan fingerprint density at radius 3 is 3.25 bits per heavy atom. The van der Waals surface area contributed by atoms with Crippen LogP contribution in [0.5, 0.6) is 0 Å². The molecule has 0 aliphatic carbocycles. The highest BCUT2D eigenvalue weighted by Crippen LogP contribution is 2.23. The number of nitrogens with zero attached hydrogens (tertiary/aromatic N) is 1. The van der Waals surface area contributed by atoms with E-state index in [9.17, 15) is 0 Å². The van der Waals surface area contributed by atoms with E-state index in [-0.39, 0.29) is 0 Å². The smallest absolute Gasteiger partial charge is 0.144 e. The van der Waals surface area contributed by atoms with Gasteiger partial charge in [0.2, 0.25) is 0 Å². The molecule has 2 heterocycles. The molecule has 1 aromatic carbocycles. The second kappa shape index (κ2) is 1.88. The number of fused-ring (bicyclic) bond motifs is 3. The first-order valence-electron chi connectivity index (χ1n) is 3.74. The van der Waals surface area contributed by atoms with Crippen LogP contribution in [0.4, 0.5) is 0 Å². The summed E-state index contributed by atoms with van der Waals surface area (Å²) in [5, 5.41) is 8.99. The van der Waals surface area contributed by atoms with E-state index in [0.29, 0.717) is 0 Å². The second-order valence-electron chi connectivity index (χ2n) is 2.74. The van der Waals surface area contributed by atoms with Crippen LogP contribution in [0.1, 0.15) is 0 Å². The third kappa shape index (κ3) is 0.580. The van der Waals surface area contributed by atoms with Gasteiger partial charge in [-0.3, -0.25) is 5.10 Å². The fourth-order valence-electron chi connectivity index (χ4n) is 1.45. The van der Waals surface area contributed by atoms with Gasteiger partial charge in [0, 0.05) is 5.39 Å². The minimum Gasteiger partial charge on any atom is -0.464 e. The van der Waals surface area contributed by atoms with Crippen LogP contribution in [0.2, 0.25) is 0 Å². The first-order chi connectivity index (χ1) is 5.95. The summed E-state index contributed by atoms with van der Waals surface area (Å²) < 4.78 is 5.33. The van der Waals surface area contributed by atoms with Gasteiger partial charge in [-0.25, -0.2) is 0 Å². The molecule has 3 nitrogen and oxygen atoms in total. The standard InChI is InChI=1S/C9H6N2O/c1-2-8-7(5-10-11-8)9-6(1)3-4-12-9/h1-5H,(H,10,11). The molecule has 1 N–H and O–H groups in total. The number of benzene rings is 1. The van der Waals surface area contributed by atoms with E-state index in [4.69, 9.17) is 4.42 Å². The van der Waals surface area contributed by atoms with Gasteiger partial charge < -0.3 is 4.42 Å². The summed E-state index contributed by atoms with van der Waals surface area (Å²) >= 11 is 0. The highest BCUT2D eigenvalue weighted by atomic mass is 16.3. The van der Waals surface area contributed by atoms with Gasteiger partial charge in [-0.15, -0.1) is 0 Å². The lowest BCUT2D eigenvalue weighted by Crippen LogP contribution is -1.67. The molecule has 3 heteroatoms. The van der Waals surface area contributed by atoms with Crippen LogP contribution in [-0.4, -0.2) is 10.2 Å². The van der Waals surface area contributed by atoms with Crippen molar-refractivity contribution in [2.75, 3.05) is 0 Å². The van der Waals surface area contributed by atoms with Crippen LogP contribution >= 0.6 is 0 Å². The number of nitrogens with one attached hydrogen (secondary N) is 1. The lowest BCUT2D eigenvalue weighted by molar-refractivity contribution is 0.619. The molecular formula is C9H6N2O. The van der Waals surface area contributed by atoms with Gasteiger partial charge >= 0.3 is 0 Å². The lowest BCUT2D eigenvalue weighted by atomic mass is 10.2. The molecule has 3 aromatic rings. The van der Waals surface area contributed by atoms with Crippen molar-refractivity contribution in [3.63, 3.8) is 0 Å². The van der Waals surface area contributed by atoms with Gasteiger partial charge in [0.05, 0.1) is 23.4 Å². The summed E-state index contributed by atoms with van der Waals surface area (Å²) in [6, 6.07) is 5.96. The molecule has 0 aliphatic heterocycles. The Balaban J connectivity index is 2.71. The number of rotatable bonds is 0. The van der Waals surface area contributed by atoms with Crippen molar-refractivity contribution in [3.05, 3.63) is 30.7 Å². The molecule has 12 heavy (non-hydrogen) atoms. The van der Waals surface area contributed by atoms with Crippen LogP contribution in [-0.2, 0) is 0 Å². The number of aromatic amines is 1. The molecule has 0 saturated heterocycles. The summed E-state index contributed by atoms with van der Waals surface area (Å²) in [4.78, 5) is 0. The normalized spacial score (nSPS) is 11.3. The average molecular weight is 158 g/mol. The minimum atomic E-state index is 0.904. The number of hydrogen-bond acceptors (Lipinski definition) is 2. The topological polar surface area (TPSA) is 41.8 Å². The second-order valence-corrected chi connectivity index (χ2v) is 2.74. The third-order valence-electron chi connectivity index (χ3n) is 2.04. The molecule has 0 saturated carbocycles. The summed E-state index contributed by atoms with van der Waals surface area (Å²) in [6.45, 7) is 0. The van der Waals surface area contributed by atoms with Gasteiger partial charge in [0.25, 0.3) is 0 Å². The lowest BCUT2D eigenvalue weighted by Gasteiger charge is -1.88. The van der Waals surface area contributed by atoms with Crippen molar-refractivity contribution in [1.29, 1.82) is 0 Å². The number of aromatic nitrogens is 2. The van der Waals surface area contributed by atoms with Crippen molar-refractivity contribution in [1.82, 2.24) is 10.2 Å². The highest BCUT2D eigenvalue weighted by molar-refractivity contribution is 6.02. The molecule has 0 fully saturated rings. The van der Waals surface area contributed by atoms with Crippen molar-refractivity contribution >= 4 is 21.9 Å². The summed E-state index contributed by atoms with van der Waals surface area (Å²) in [7, 11) is 0. The van der Waals surface area contributed by atoms with Crippen LogP contribution in [0.15, 0.2) is 35.1 Å². The maximum atomic E-state index is 5.33. The zero-order valence-corrected chi connectivity index (χ0v) is 6.24. The Bertz CT molecular complexity index is 486. The number of H-pyrrole nitrogens is 1. The molecular weight excluding hydrogens is 152 g/mol. The largest absolute Gasteiger partial charge is 0.464 e. The molecule has 0 spiro atoms. The van der Waals surface area contributed by atoms with Gasteiger partial charge in [0.15, 0.2) is 0 Å². The van der Waals surface area contributed by atoms with E-state index in [1.165, 1.54) is 0 Å². The van der Waals surface area contributed by atoms with Crippen LogP contribution in [0.3, 0.4) is 0 Å². The monoisotopic (exact) mass is 158 g/mol. The number of furan rings is 1. The molecule has 0 unspecified atom stereocenters. The molecule has 0 atom stereocenters. The van der Waals surface area contributed by atoms with Crippen molar-refractivity contribution in [2.45, 2.75) is 0 Å². The summed E-state index contributed by atoms with van der Waals surface area (Å²) in [5.74, 6) is 0. The predicted octanol–water partition coefficient (Wildman–Crippen LogP) is 2.31. The Morgan fingerprint density at radius 1 is 1.25 bits per heavy atom. The summed E-state index contributed by atoms with van der Waals surface area (Å²) in [5.41, 5.74) is 1.92. The van der Waals surface area contributed by atoms with E-state index >= 15 is 0 Å². The maximum absolute atomic E-state index is 5.33. The Labute approximate surface area is 68.0 Å². The molecule has 2 aromatic heterocycles. The van der Waals surface area contributed by atoms with Gasteiger partial charge in [0.1, 0.15) is 5.58 Å². The quantitative estimate of drug-likeness (QED) is 0.545. The van der Waals surface area contributed by atoms with Crippen LogP contribution in [0.25, 0.3) is 21.9 Å². The third-order valence-corrected chi connectivity index (χ3v) is 2.04. The fraction of sp³-hybridized carbons (Fsp3) is 0. The first kappa shape index (κ1) is 5.83. The molecule has 3 rings (SSSR count). The van der Waals surface area contributed by atoms with E-state index in [1.54, 1.807) is 12.5 Å². The zero-order valence-electron chi connectivity index (χ0n) is 6.24. The van der Waals surface area contributed by atoms with Gasteiger partial charge in [-0.1, -0.05) is 0 Å². The molecule has 0 aliphatic rings. The van der Waals surface area contributed by atoms with E-state index < -0.39 is 0 Å². The fourth-order valence-corrected chi connectivity index (χ4v) is 1.45. The van der Waals surface area contributed by atoms with Crippen LogP contribution in [0, 0.1) is 0 Å². The van der Waals surface area contributed by atoms with Crippen LogP contribution < -0.4 is 0 Å². The highest BCUT2D eigenvalue weighted by Gasteiger charge is 2.03. The van der Waals surface area contributed by atoms with E-state index in [2.05, 4.69) is 10.2 Å². The summed E-state index contributed by atoms with van der Waals surface area (Å²) in [6.07, 6.45) is 3.47. The van der Waals surface area contributed by atoms with E-state index in [0.717, 1.165) is 21.9 Å². The Kier molecular flexibility index (Phi) is 0.913. The Hall–Kier alpha value is -1.77. The van der Waals surface area contributed by atoms with E-state index in [1.807, 2.05) is 18.2 Å². The number of hydrogen-bond donors (Lipinski definition) is 1. The first-order valence-corrected chi connectivity index (χ1v) is 3.74. The van der Waals surface area contributed by atoms with Crippen molar-refractivity contribution < 1.29 is 4.42 Å². The molecule has 0 bridgehead atoms. The average Bonchev–Trinajstić information content (AvgIpc) is 2.71. The van der Waals surface area contributed by atoms with Crippen molar-refractivity contribution in [2.24, 2.45) is 0 Å². The molecule has 0 radical (unpaired) electrons. The Morgan fingerprint density at radius 2 is 2.25 bits per heavy atom. The molecule has 58 valence electrons. The molecule has 0 amide bonds. The minimum absolute atomic E-state index is 0.904. The van der Waals surface area contributed by atoms with Gasteiger partial charge in [-0.05, 0) is 18.2 Å². The zero-order chi connectivity index (χ0) is 7.97. The maximum Gasteiger partial charge on any atom is 0.144 e. The van der Waals surface area contributed by atoms with Gasteiger partial charge in [-0.2, -0.15) is 5.10 Å².